The minimum atomic E-state index is -1.08. The molecule has 0 spiro atoms. The fraction of sp³-hybridized carbons (Fsp3) is 0. The molecule has 0 aliphatic rings. The molecule has 2 rings (SSSR count). The van der Waals surface area contributed by atoms with Crippen LogP contribution in [0, 0.1) is 0 Å². The smallest absolute Gasteiger partial charge is 0.348 e. The molecule has 0 saturated carbocycles. The average molecular weight is 240 g/mol. The summed E-state index contributed by atoms with van der Waals surface area (Å²) < 4.78 is 0. The number of hydrogen-bond acceptors (Lipinski definition) is 3. The van der Waals surface area contributed by atoms with Crippen LogP contribution >= 0.6 is 0 Å². The van der Waals surface area contributed by atoms with E-state index in [9.17, 15) is 4.79 Å². The minimum absolute atomic E-state index is 0.743. The van der Waals surface area contributed by atoms with Crippen molar-refractivity contribution < 1.29 is 9.90 Å². The number of aliphatic carboxylic acids is 1. The van der Waals surface area contributed by atoms with Crippen LogP contribution < -0.4 is 5.43 Å². The maximum absolute atomic E-state index is 10.2. The van der Waals surface area contributed by atoms with Crippen molar-refractivity contribution in [3.8, 4) is 11.1 Å². The Hall–Kier alpha value is -2.62. The Balaban J connectivity index is 2.09. The van der Waals surface area contributed by atoms with E-state index in [0.29, 0.717) is 0 Å². The molecule has 0 unspecified atom stereocenters. The fourth-order valence-electron chi connectivity index (χ4n) is 1.53. The standard InChI is InChI=1S/C14H12N2O2/c17-14(18)10-15-16-13-8-6-12(7-9-13)11-4-2-1-3-5-11/h1-10,16H,(H,17,18)/b15-10+. The molecular weight excluding hydrogens is 228 g/mol. The summed E-state index contributed by atoms with van der Waals surface area (Å²) in [5.41, 5.74) is 5.62. The number of carbonyl (C=O) groups is 1. The Kier molecular flexibility index (Phi) is 3.71. The third kappa shape index (κ3) is 3.18. The molecule has 2 aromatic rings. The van der Waals surface area contributed by atoms with Crippen molar-refractivity contribution in [2.45, 2.75) is 0 Å². The Morgan fingerprint density at radius 3 is 2.22 bits per heavy atom. The van der Waals surface area contributed by atoms with E-state index >= 15 is 0 Å². The Morgan fingerprint density at radius 1 is 1.00 bits per heavy atom. The van der Waals surface area contributed by atoms with Crippen molar-refractivity contribution in [1.82, 2.24) is 0 Å². The zero-order valence-electron chi connectivity index (χ0n) is 9.58. The van der Waals surface area contributed by atoms with Gasteiger partial charge in [-0.15, -0.1) is 0 Å². The monoisotopic (exact) mass is 240 g/mol. The van der Waals surface area contributed by atoms with Crippen LogP contribution in [-0.4, -0.2) is 17.3 Å². The molecule has 0 fully saturated rings. The first-order valence-corrected chi connectivity index (χ1v) is 5.43. The lowest BCUT2D eigenvalue weighted by molar-refractivity contribution is -0.128. The van der Waals surface area contributed by atoms with E-state index in [1.807, 2.05) is 54.6 Å². The molecule has 2 N–H and O–H groups in total. The number of carboxylic acid groups (broad SMARTS) is 1. The number of hydrazone groups is 1. The Labute approximate surface area is 105 Å². The second-order valence-corrected chi connectivity index (χ2v) is 3.65. The SMILES string of the molecule is O=C(O)/C=N/Nc1ccc(-c2ccccc2)cc1. The molecule has 2 aromatic carbocycles. The molecule has 0 heterocycles. The zero-order chi connectivity index (χ0) is 12.8. The second-order valence-electron chi connectivity index (χ2n) is 3.65. The van der Waals surface area contributed by atoms with Crippen LogP contribution in [0.4, 0.5) is 5.69 Å². The Morgan fingerprint density at radius 2 is 1.61 bits per heavy atom. The molecule has 0 bridgehead atoms. The number of nitrogens with zero attached hydrogens (tertiary/aromatic N) is 1. The van der Waals surface area contributed by atoms with E-state index in [1.165, 1.54) is 0 Å². The van der Waals surface area contributed by atoms with Gasteiger partial charge in [0.05, 0.1) is 5.69 Å². The second kappa shape index (κ2) is 5.63. The largest absolute Gasteiger partial charge is 0.477 e. The van der Waals surface area contributed by atoms with Gasteiger partial charge in [0.1, 0.15) is 6.21 Å². The quantitative estimate of drug-likeness (QED) is 0.638. The van der Waals surface area contributed by atoms with Gasteiger partial charge in [-0.25, -0.2) is 4.79 Å². The first-order valence-electron chi connectivity index (χ1n) is 5.43. The van der Waals surface area contributed by atoms with E-state index in [-0.39, 0.29) is 0 Å². The average Bonchev–Trinajstić information content (AvgIpc) is 2.40. The van der Waals surface area contributed by atoms with Crippen molar-refractivity contribution in [2.75, 3.05) is 5.43 Å². The number of carboxylic acids is 1. The maximum atomic E-state index is 10.2. The summed E-state index contributed by atoms with van der Waals surface area (Å²) in [5.74, 6) is -1.08. The van der Waals surface area contributed by atoms with Crippen LogP contribution in [0.3, 0.4) is 0 Å². The number of benzene rings is 2. The van der Waals surface area contributed by atoms with Gasteiger partial charge in [0.2, 0.25) is 0 Å². The van der Waals surface area contributed by atoms with Gasteiger partial charge in [-0.3, -0.25) is 5.43 Å². The lowest BCUT2D eigenvalue weighted by Gasteiger charge is -2.03. The van der Waals surface area contributed by atoms with E-state index in [0.717, 1.165) is 23.0 Å². The lowest BCUT2D eigenvalue weighted by atomic mass is 10.1. The van der Waals surface area contributed by atoms with Crippen LogP contribution in [0.2, 0.25) is 0 Å². The van der Waals surface area contributed by atoms with Crippen molar-refractivity contribution in [3.05, 3.63) is 54.6 Å². The molecule has 4 heteroatoms. The summed E-state index contributed by atoms with van der Waals surface area (Å²) in [6.07, 6.45) is 0.811. The molecule has 4 nitrogen and oxygen atoms in total. The van der Waals surface area contributed by atoms with Crippen LogP contribution in [-0.2, 0) is 4.79 Å². The molecule has 0 aromatic heterocycles. The summed E-state index contributed by atoms with van der Waals surface area (Å²) in [6, 6.07) is 17.6. The van der Waals surface area contributed by atoms with Gasteiger partial charge >= 0.3 is 5.97 Å². The van der Waals surface area contributed by atoms with Crippen molar-refractivity contribution in [3.63, 3.8) is 0 Å². The van der Waals surface area contributed by atoms with Crippen LogP contribution in [0.15, 0.2) is 59.7 Å². The van der Waals surface area contributed by atoms with Crippen LogP contribution in [0.25, 0.3) is 11.1 Å². The highest BCUT2D eigenvalue weighted by Gasteiger charge is 1.96. The van der Waals surface area contributed by atoms with E-state index in [2.05, 4.69) is 10.5 Å². The van der Waals surface area contributed by atoms with E-state index < -0.39 is 5.97 Å². The molecule has 0 radical (unpaired) electrons. The molecule has 0 amide bonds. The molecule has 0 saturated heterocycles. The first kappa shape index (κ1) is 11.9. The van der Waals surface area contributed by atoms with Gasteiger partial charge in [-0.1, -0.05) is 42.5 Å². The van der Waals surface area contributed by atoms with Gasteiger partial charge in [-0.2, -0.15) is 5.10 Å². The van der Waals surface area contributed by atoms with E-state index in [4.69, 9.17) is 5.11 Å². The van der Waals surface area contributed by atoms with Gasteiger partial charge in [0, 0.05) is 0 Å². The lowest BCUT2D eigenvalue weighted by Crippen LogP contribution is -1.98. The highest BCUT2D eigenvalue weighted by molar-refractivity contribution is 6.22. The third-order valence-electron chi connectivity index (χ3n) is 2.36. The highest BCUT2D eigenvalue weighted by atomic mass is 16.4. The minimum Gasteiger partial charge on any atom is -0.477 e. The van der Waals surface area contributed by atoms with Crippen LogP contribution in [0.5, 0.6) is 0 Å². The number of nitrogens with one attached hydrogen (secondary N) is 1. The molecular formula is C14H12N2O2. The molecule has 0 aliphatic carbocycles. The zero-order valence-corrected chi connectivity index (χ0v) is 9.58. The predicted molar refractivity (Wildman–Crippen MR) is 71.6 cm³/mol. The van der Waals surface area contributed by atoms with Crippen molar-refractivity contribution >= 4 is 17.9 Å². The molecule has 0 aliphatic heterocycles. The summed E-state index contributed by atoms with van der Waals surface area (Å²) in [5, 5.41) is 12.0. The topological polar surface area (TPSA) is 61.7 Å². The fourth-order valence-corrected chi connectivity index (χ4v) is 1.53. The maximum Gasteiger partial charge on any atom is 0.348 e. The van der Waals surface area contributed by atoms with Gasteiger partial charge in [0.15, 0.2) is 0 Å². The Bertz CT molecular complexity index is 548. The third-order valence-corrected chi connectivity index (χ3v) is 2.36. The molecule has 18 heavy (non-hydrogen) atoms. The normalized spacial score (nSPS) is 10.4. The summed E-state index contributed by atoms with van der Waals surface area (Å²) in [7, 11) is 0. The van der Waals surface area contributed by atoms with Gasteiger partial charge in [-0.05, 0) is 23.3 Å². The number of rotatable bonds is 4. The van der Waals surface area contributed by atoms with Crippen molar-refractivity contribution in [1.29, 1.82) is 0 Å². The molecule has 0 atom stereocenters. The van der Waals surface area contributed by atoms with Gasteiger partial charge < -0.3 is 5.11 Å². The first-order chi connectivity index (χ1) is 8.75. The van der Waals surface area contributed by atoms with Gasteiger partial charge in [0.25, 0.3) is 0 Å². The van der Waals surface area contributed by atoms with E-state index in [1.54, 1.807) is 0 Å². The molecule has 90 valence electrons. The highest BCUT2D eigenvalue weighted by Crippen LogP contribution is 2.20. The van der Waals surface area contributed by atoms with Crippen molar-refractivity contribution in [2.24, 2.45) is 5.10 Å². The summed E-state index contributed by atoms with van der Waals surface area (Å²) in [4.78, 5) is 10.2. The predicted octanol–water partition coefficient (Wildman–Crippen LogP) is 2.84. The summed E-state index contributed by atoms with van der Waals surface area (Å²) in [6.45, 7) is 0. The van der Waals surface area contributed by atoms with Crippen LogP contribution in [0.1, 0.15) is 0 Å². The summed E-state index contributed by atoms with van der Waals surface area (Å²) >= 11 is 0. The number of anilines is 1. The number of hydrogen-bond donors (Lipinski definition) is 2.